The van der Waals surface area contributed by atoms with Gasteiger partial charge in [0.15, 0.2) is 0 Å². The highest BCUT2D eigenvalue weighted by atomic mass is 35.5. The topological polar surface area (TPSA) is 27.1 Å². The first kappa shape index (κ1) is 20.4. The number of aryl methyl sites for hydroxylation is 1. The smallest absolute Gasteiger partial charge is 0.123 e. The van der Waals surface area contributed by atoms with Gasteiger partial charge in [0, 0.05) is 24.0 Å². The van der Waals surface area contributed by atoms with Crippen molar-refractivity contribution in [3.63, 3.8) is 0 Å². The highest BCUT2D eigenvalue weighted by Crippen LogP contribution is 2.15. The minimum Gasteiger partial charge on any atom is -0.372 e. The molecule has 3 aromatic rings. The molecule has 0 spiro atoms. The van der Waals surface area contributed by atoms with Crippen LogP contribution in [0.15, 0.2) is 67.3 Å². The van der Waals surface area contributed by atoms with Crippen molar-refractivity contribution in [2.24, 2.45) is 0 Å². The van der Waals surface area contributed by atoms with Crippen LogP contribution in [-0.4, -0.2) is 15.7 Å². The number of halogens is 3. The quantitative estimate of drug-likeness (QED) is 0.517. The van der Waals surface area contributed by atoms with Crippen LogP contribution in [-0.2, 0) is 24.3 Å². The van der Waals surface area contributed by atoms with E-state index < -0.39 is 0 Å². The molecule has 0 aliphatic rings. The fourth-order valence-corrected chi connectivity index (χ4v) is 2.76. The molecule has 0 aliphatic carbocycles. The van der Waals surface area contributed by atoms with Gasteiger partial charge in [-0.25, -0.2) is 9.37 Å². The normalized spacial score (nSPS) is 11.8. The van der Waals surface area contributed by atoms with Crippen LogP contribution in [0.5, 0.6) is 0 Å². The first-order valence-electron chi connectivity index (χ1n) is 8.25. The average Bonchev–Trinajstić information content (AvgIpc) is 3.13. The second kappa shape index (κ2) is 10.3. The van der Waals surface area contributed by atoms with Crippen LogP contribution in [0.2, 0.25) is 5.02 Å². The average molecular weight is 395 g/mol. The van der Waals surface area contributed by atoms with Crippen LogP contribution in [0, 0.1) is 5.82 Å². The Hall–Kier alpha value is -1.88. The molecule has 1 heterocycles. The molecule has 0 radical (unpaired) electrons. The van der Waals surface area contributed by atoms with Crippen LogP contribution >= 0.6 is 24.0 Å². The fraction of sp³-hybridized carbons (Fsp3) is 0.250. The molecule has 3 nitrogen and oxygen atoms in total. The Kier molecular flexibility index (Phi) is 8.10. The molecule has 1 aromatic heterocycles. The monoisotopic (exact) mass is 394 g/mol. The van der Waals surface area contributed by atoms with Crippen molar-refractivity contribution in [1.29, 1.82) is 0 Å². The van der Waals surface area contributed by atoms with Gasteiger partial charge in [0.05, 0.1) is 19.0 Å². The molecule has 0 bridgehead atoms. The standard InChI is InChI=1S/C20H20ClFN2O.ClH/c21-18-6-1-16(2-7-18)5-10-20(13-24-12-11-23-15-24)25-14-17-3-8-19(22)9-4-17;/h1-4,6-9,11-12,15,20H,5,10,13-14H2;1H. The molecule has 0 aliphatic heterocycles. The lowest BCUT2D eigenvalue weighted by Crippen LogP contribution is -2.20. The minimum atomic E-state index is -0.235. The Morgan fingerprint density at radius 3 is 2.38 bits per heavy atom. The SMILES string of the molecule is Cl.Fc1ccc(COC(CCc2ccc(Cl)cc2)Cn2ccnc2)cc1. The van der Waals surface area contributed by atoms with Crippen molar-refractivity contribution in [3.05, 3.63) is 89.2 Å². The van der Waals surface area contributed by atoms with E-state index in [1.165, 1.54) is 17.7 Å². The van der Waals surface area contributed by atoms with Crippen molar-refractivity contribution in [1.82, 2.24) is 9.55 Å². The van der Waals surface area contributed by atoms with Gasteiger partial charge in [0.2, 0.25) is 0 Å². The first-order valence-corrected chi connectivity index (χ1v) is 8.63. The van der Waals surface area contributed by atoms with Gasteiger partial charge in [0.25, 0.3) is 0 Å². The Morgan fingerprint density at radius 2 is 1.73 bits per heavy atom. The van der Waals surface area contributed by atoms with Gasteiger partial charge in [-0.15, -0.1) is 12.4 Å². The zero-order valence-corrected chi connectivity index (χ0v) is 15.8. The molecular weight excluding hydrogens is 374 g/mol. The Bertz CT molecular complexity index is 712. The molecule has 138 valence electrons. The van der Waals surface area contributed by atoms with Gasteiger partial charge in [-0.2, -0.15) is 0 Å². The van der Waals surface area contributed by atoms with Gasteiger partial charge in [-0.1, -0.05) is 35.9 Å². The van der Waals surface area contributed by atoms with Crippen LogP contribution in [0.25, 0.3) is 0 Å². The summed E-state index contributed by atoms with van der Waals surface area (Å²) in [5.74, 6) is -0.235. The largest absolute Gasteiger partial charge is 0.372 e. The second-order valence-corrected chi connectivity index (χ2v) is 6.42. The zero-order chi connectivity index (χ0) is 17.5. The second-order valence-electron chi connectivity index (χ2n) is 5.98. The summed E-state index contributed by atoms with van der Waals surface area (Å²) < 4.78 is 21.1. The minimum absolute atomic E-state index is 0. The van der Waals surface area contributed by atoms with E-state index in [4.69, 9.17) is 16.3 Å². The summed E-state index contributed by atoms with van der Waals surface area (Å²) >= 11 is 5.94. The number of ether oxygens (including phenoxy) is 1. The maximum Gasteiger partial charge on any atom is 0.123 e. The Morgan fingerprint density at radius 1 is 1.04 bits per heavy atom. The molecule has 0 N–H and O–H groups in total. The number of nitrogens with zero attached hydrogens (tertiary/aromatic N) is 2. The summed E-state index contributed by atoms with van der Waals surface area (Å²) in [5, 5.41) is 0.742. The molecule has 1 atom stereocenters. The molecule has 1 unspecified atom stereocenters. The number of imidazole rings is 1. The third-order valence-corrected chi connectivity index (χ3v) is 4.29. The van der Waals surface area contributed by atoms with Crippen LogP contribution in [0.1, 0.15) is 17.5 Å². The van der Waals surface area contributed by atoms with Crippen molar-refractivity contribution < 1.29 is 9.13 Å². The van der Waals surface area contributed by atoms with Crippen molar-refractivity contribution in [2.45, 2.75) is 32.1 Å². The van der Waals surface area contributed by atoms with Gasteiger partial charge in [-0.3, -0.25) is 0 Å². The highest BCUT2D eigenvalue weighted by Gasteiger charge is 2.11. The lowest BCUT2D eigenvalue weighted by molar-refractivity contribution is 0.0239. The summed E-state index contributed by atoms with van der Waals surface area (Å²) in [6, 6.07) is 14.3. The van der Waals surface area contributed by atoms with Crippen molar-refractivity contribution in [2.75, 3.05) is 0 Å². The zero-order valence-electron chi connectivity index (χ0n) is 14.2. The summed E-state index contributed by atoms with van der Waals surface area (Å²) in [4.78, 5) is 4.08. The number of hydrogen-bond acceptors (Lipinski definition) is 2. The van der Waals surface area contributed by atoms with Gasteiger partial charge < -0.3 is 9.30 Å². The van der Waals surface area contributed by atoms with Crippen molar-refractivity contribution >= 4 is 24.0 Å². The summed E-state index contributed by atoms with van der Waals surface area (Å²) in [5.41, 5.74) is 2.19. The predicted octanol–water partition coefficient (Wildman–Crippen LogP) is 5.32. The molecule has 2 aromatic carbocycles. The van der Waals surface area contributed by atoms with Gasteiger partial charge >= 0.3 is 0 Å². The third-order valence-electron chi connectivity index (χ3n) is 4.04. The molecule has 0 fully saturated rings. The molecule has 6 heteroatoms. The number of rotatable bonds is 8. The van der Waals surface area contributed by atoms with Gasteiger partial charge in [0.1, 0.15) is 5.82 Å². The van der Waals surface area contributed by atoms with E-state index in [0.717, 1.165) is 30.0 Å². The van der Waals surface area contributed by atoms with Gasteiger partial charge in [-0.05, 0) is 48.2 Å². The molecule has 0 amide bonds. The molecule has 0 saturated carbocycles. The predicted molar refractivity (Wildman–Crippen MR) is 104 cm³/mol. The van der Waals surface area contributed by atoms with Crippen molar-refractivity contribution in [3.8, 4) is 0 Å². The third kappa shape index (κ3) is 6.45. The Balaban J connectivity index is 0.00000243. The highest BCUT2D eigenvalue weighted by molar-refractivity contribution is 6.30. The summed E-state index contributed by atoms with van der Waals surface area (Å²) in [7, 11) is 0. The molecule has 3 rings (SSSR count). The van der Waals surface area contributed by atoms with E-state index in [9.17, 15) is 4.39 Å². The van der Waals surface area contributed by atoms with E-state index in [1.54, 1.807) is 24.7 Å². The molecular formula is C20H21Cl2FN2O. The summed E-state index contributed by atoms with van der Waals surface area (Å²) in [6.07, 6.45) is 7.29. The van der Waals surface area contributed by atoms with E-state index in [2.05, 4.69) is 4.98 Å². The van der Waals surface area contributed by atoms with E-state index in [-0.39, 0.29) is 24.3 Å². The van der Waals surface area contributed by atoms with Crippen LogP contribution in [0.3, 0.4) is 0 Å². The number of aromatic nitrogens is 2. The van der Waals surface area contributed by atoms with Crippen LogP contribution in [0.4, 0.5) is 4.39 Å². The van der Waals surface area contributed by atoms with E-state index in [0.29, 0.717) is 6.61 Å². The fourth-order valence-electron chi connectivity index (χ4n) is 2.63. The van der Waals surface area contributed by atoms with E-state index in [1.807, 2.05) is 35.0 Å². The number of hydrogen-bond donors (Lipinski definition) is 0. The maximum absolute atomic E-state index is 13.0. The van der Waals surface area contributed by atoms with Crippen LogP contribution < -0.4 is 0 Å². The van der Waals surface area contributed by atoms with E-state index >= 15 is 0 Å². The molecule has 26 heavy (non-hydrogen) atoms. The Labute approximate surface area is 164 Å². The number of benzene rings is 2. The first-order chi connectivity index (χ1) is 12.2. The lowest BCUT2D eigenvalue weighted by Gasteiger charge is -2.19. The molecule has 0 saturated heterocycles. The lowest BCUT2D eigenvalue weighted by atomic mass is 10.1. The maximum atomic E-state index is 13.0. The summed E-state index contributed by atoms with van der Waals surface area (Å²) in [6.45, 7) is 1.19.